The molecule has 0 aromatic rings. The molecule has 1 rings (SSSR count). The normalized spacial score (nSPS) is 37.9. The maximum Gasteiger partial charge on any atom is 0.475 e. The third-order valence-electron chi connectivity index (χ3n) is 2.25. The topological polar surface area (TPSA) is 44.8 Å². The summed E-state index contributed by atoms with van der Waals surface area (Å²) in [5.74, 6) is 0.255. The SMILES string of the molecule is CC1COP(=O)(OCC(C)(C)C)OC1C. The van der Waals surface area contributed by atoms with Gasteiger partial charge in [0.1, 0.15) is 0 Å². The summed E-state index contributed by atoms with van der Waals surface area (Å²) < 4.78 is 27.7. The van der Waals surface area contributed by atoms with Crippen molar-refractivity contribution in [2.45, 2.75) is 40.7 Å². The van der Waals surface area contributed by atoms with Crippen LogP contribution in [0.15, 0.2) is 0 Å². The Labute approximate surface area is 91.9 Å². The second-order valence-electron chi connectivity index (χ2n) is 5.36. The first-order valence-electron chi connectivity index (χ1n) is 5.29. The minimum Gasteiger partial charge on any atom is -0.286 e. The zero-order chi connectivity index (χ0) is 11.7. The maximum absolute atomic E-state index is 12.0. The highest BCUT2D eigenvalue weighted by Crippen LogP contribution is 2.55. The Kier molecular flexibility index (Phi) is 3.99. The first kappa shape index (κ1) is 13.2. The van der Waals surface area contributed by atoms with Crippen molar-refractivity contribution < 1.29 is 18.1 Å². The van der Waals surface area contributed by atoms with Gasteiger partial charge in [-0.3, -0.25) is 13.6 Å². The molecule has 5 heteroatoms. The Balaban J connectivity index is 2.50. The van der Waals surface area contributed by atoms with E-state index in [2.05, 4.69) is 0 Å². The van der Waals surface area contributed by atoms with Crippen molar-refractivity contribution >= 4 is 7.82 Å². The molecule has 1 saturated heterocycles. The van der Waals surface area contributed by atoms with E-state index >= 15 is 0 Å². The van der Waals surface area contributed by atoms with Gasteiger partial charge in [-0.05, 0) is 12.3 Å². The quantitative estimate of drug-likeness (QED) is 0.690. The lowest BCUT2D eigenvalue weighted by Crippen LogP contribution is -2.28. The van der Waals surface area contributed by atoms with Crippen molar-refractivity contribution in [1.29, 1.82) is 0 Å². The molecule has 15 heavy (non-hydrogen) atoms. The Hall–Kier alpha value is 0.110. The summed E-state index contributed by atoms with van der Waals surface area (Å²) in [4.78, 5) is 0. The van der Waals surface area contributed by atoms with Crippen molar-refractivity contribution in [3.63, 3.8) is 0 Å². The molecule has 0 N–H and O–H groups in total. The smallest absolute Gasteiger partial charge is 0.286 e. The molecule has 0 bridgehead atoms. The Bertz CT molecular complexity index is 259. The van der Waals surface area contributed by atoms with Gasteiger partial charge in [0, 0.05) is 5.92 Å². The molecule has 1 aliphatic heterocycles. The molecule has 90 valence electrons. The summed E-state index contributed by atoms with van der Waals surface area (Å²) in [7, 11) is -3.30. The zero-order valence-electron chi connectivity index (χ0n) is 10.1. The van der Waals surface area contributed by atoms with Crippen LogP contribution < -0.4 is 0 Å². The van der Waals surface area contributed by atoms with Gasteiger partial charge < -0.3 is 0 Å². The van der Waals surface area contributed by atoms with Crippen LogP contribution in [-0.4, -0.2) is 19.3 Å². The summed E-state index contributed by atoms with van der Waals surface area (Å²) in [5, 5.41) is 0. The number of phosphoric acid groups is 1. The molecule has 0 spiro atoms. The summed E-state index contributed by atoms with van der Waals surface area (Å²) >= 11 is 0. The first-order valence-corrected chi connectivity index (χ1v) is 6.75. The van der Waals surface area contributed by atoms with Gasteiger partial charge in [-0.15, -0.1) is 0 Å². The van der Waals surface area contributed by atoms with Crippen molar-refractivity contribution in [2.75, 3.05) is 13.2 Å². The van der Waals surface area contributed by atoms with Crippen molar-refractivity contribution in [2.24, 2.45) is 11.3 Å². The minimum absolute atomic E-state index is 0.0452. The average molecular weight is 236 g/mol. The molecule has 0 saturated carbocycles. The second-order valence-corrected chi connectivity index (χ2v) is 6.99. The fourth-order valence-corrected chi connectivity index (χ4v) is 2.80. The molecule has 1 aliphatic rings. The highest BCUT2D eigenvalue weighted by molar-refractivity contribution is 7.48. The third-order valence-corrected chi connectivity index (χ3v) is 3.75. The highest BCUT2D eigenvalue weighted by Gasteiger charge is 2.37. The monoisotopic (exact) mass is 236 g/mol. The Morgan fingerprint density at radius 3 is 2.47 bits per heavy atom. The molecule has 1 fully saturated rings. The fourth-order valence-electron chi connectivity index (χ4n) is 1.02. The molecule has 3 atom stereocenters. The summed E-state index contributed by atoms with van der Waals surface area (Å²) in [6.45, 7) is 10.7. The molecular formula is C10H21O4P. The van der Waals surface area contributed by atoms with Gasteiger partial charge in [-0.2, -0.15) is 0 Å². The van der Waals surface area contributed by atoms with Crippen LogP contribution >= 0.6 is 7.82 Å². The van der Waals surface area contributed by atoms with E-state index in [9.17, 15) is 4.57 Å². The second kappa shape index (κ2) is 4.54. The molecule has 0 radical (unpaired) electrons. The largest absolute Gasteiger partial charge is 0.475 e. The highest BCUT2D eigenvalue weighted by atomic mass is 31.2. The third kappa shape index (κ3) is 4.23. The van der Waals surface area contributed by atoms with Crippen LogP contribution in [0.4, 0.5) is 0 Å². The molecular weight excluding hydrogens is 215 g/mol. The van der Waals surface area contributed by atoms with Gasteiger partial charge in [-0.1, -0.05) is 27.7 Å². The lowest BCUT2D eigenvalue weighted by molar-refractivity contribution is -0.00634. The van der Waals surface area contributed by atoms with E-state index in [1.165, 1.54) is 0 Å². The Morgan fingerprint density at radius 1 is 1.40 bits per heavy atom. The Morgan fingerprint density at radius 2 is 2.00 bits per heavy atom. The van der Waals surface area contributed by atoms with E-state index in [1.807, 2.05) is 34.6 Å². The van der Waals surface area contributed by atoms with Crippen LogP contribution in [0.5, 0.6) is 0 Å². The lowest BCUT2D eigenvalue weighted by atomic mass is 9.99. The van der Waals surface area contributed by atoms with E-state index in [1.54, 1.807) is 0 Å². The lowest BCUT2D eigenvalue weighted by Gasteiger charge is -2.32. The van der Waals surface area contributed by atoms with E-state index < -0.39 is 7.82 Å². The van der Waals surface area contributed by atoms with E-state index in [4.69, 9.17) is 13.6 Å². The van der Waals surface area contributed by atoms with Gasteiger partial charge in [-0.25, -0.2) is 4.57 Å². The van der Waals surface area contributed by atoms with E-state index in [-0.39, 0.29) is 17.4 Å². The van der Waals surface area contributed by atoms with E-state index in [0.717, 1.165) is 0 Å². The van der Waals surface area contributed by atoms with Gasteiger partial charge >= 0.3 is 7.82 Å². The van der Waals surface area contributed by atoms with Gasteiger partial charge in [0.15, 0.2) is 0 Å². The van der Waals surface area contributed by atoms with Crippen molar-refractivity contribution in [1.82, 2.24) is 0 Å². The van der Waals surface area contributed by atoms with E-state index in [0.29, 0.717) is 13.2 Å². The minimum atomic E-state index is -3.30. The van der Waals surface area contributed by atoms with Crippen LogP contribution in [0.1, 0.15) is 34.6 Å². The predicted octanol–water partition coefficient (Wildman–Crippen LogP) is 3.23. The number of hydrogen-bond donors (Lipinski definition) is 0. The van der Waals surface area contributed by atoms with Gasteiger partial charge in [0.2, 0.25) is 0 Å². The van der Waals surface area contributed by atoms with Gasteiger partial charge in [0.05, 0.1) is 19.3 Å². The van der Waals surface area contributed by atoms with Crippen LogP contribution in [0.25, 0.3) is 0 Å². The molecule has 1 heterocycles. The van der Waals surface area contributed by atoms with Crippen molar-refractivity contribution in [3.05, 3.63) is 0 Å². The van der Waals surface area contributed by atoms with Crippen LogP contribution in [-0.2, 0) is 18.1 Å². The van der Waals surface area contributed by atoms with Crippen molar-refractivity contribution in [3.8, 4) is 0 Å². The molecule has 0 aliphatic carbocycles. The fraction of sp³-hybridized carbons (Fsp3) is 1.00. The molecule has 4 nitrogen and oxygen atoms in total. The van der Waals surface area contributed by atoms with Crippen LogP contribution in [0.2, 0.25) is 0 Å². The summed E-state index contributed by atoms with van der Waals surface area (Å²) in [5.41, 5.74) is -0.0452. The molecule has 3 unspecified atom stereocenters. The number of rotatable bonds is 2. The summed E-state index contributed by atoms with van der Waals surface area (Å²) in [6, 6.07) is 0. The van der Waals surface area contributed by atoms with Crippen LogP contribution in [0, 0.1) is 11.3 Å². The average Bonchev–Trinajstić information content (AvgIpc) is 2.08. The standard InChI is InChI=1S/C10H21O4P/c1-8-6-12-15(11,14-9(8)2)13-7-10(3,4)5/h8-9H,6-7H2,1-5H3. The first-order chi connectivity index (χ1) is 6.72. The molecule has 0 aromatic carbocycles. The number of hydrogen-bond acceptors (Lipinski definition) is 4. The summed E-state index contributed by atoms with van der Waals surface area (Å²) in [6.07, 6.45) is -0.0791. The van der Waals surface area contributed by atoms with Crippen LogP contribution in [0.3, 0.4) is 0 Å². The zero-order valence-corrected chi connectivity index (χ0v) is 11.0. The molecule has 0 amide bonds. The maximum atomic E-state index is 12.0. The predicted molar refractivity (Wildman–Crippen MR) is 58.7 cm³/mol. The number of phosphoric ester groups is 1. The van der Waals surface area contributed by atoms with Gasteiger partial charge in [0.25, 0.3) is 0 Å². The molecule has 0 aromatic heterocycles.